The van der Waals surface area contributed by atoms with Crippen molar-refractivity contribution in [3.63, 3.8) is 0 Å². The largest absolute Gasteiger partial charge is 0.368 e. The van der Waals surface area contributed by atoms with Crippen molar-refractivity contribution in [1.29, 1.82) is 0 Å². The lowest BCUT2D eigenvalue weighted by atomic mass is 9.98. The predicted octanol–water partition coefficient (Wildman–Crippen LogP) is 3.64. The molecule has 0 spiro atoms. The highest BCUT2D eigenvalue weighted by atomic mass is 16.5. The fraction of sp³-hybridized carbons (Fsp3) is 0.667. The van der Waals surface area contributed by atoms with E-state index < -0.39 is 0 Å². The van der Waals surface area contributed by atoms with Crippen LogP contribution in [0, 0.1) is 0 Å². The molecule has 1 heterocycles. The molecule has 0 radical (unpaired) electrons. The Morgan fingerprint density at radius 1 is 0.960 bits per heavy atom. The van der Waals surface area contributed by atoms with Gasteiger partial charge in [0.15, 0.2) is 0 Å². The summed E-state index contributed by atoms with van der Waals surface area (Å²) >= 11 is 0. The Labute approximate surface area is 151 Å². The van der Waals surface area contributed by atoms with Gasteiger partial charge in [0.25, 0.3) is 0 Å². The highest BCUT2D eigenvalue weighted by molar-refractivity contribution is 5.77. The SMILES string of the molecule is O=C(COC1CCCCC1)NCc1ccc(CN2CCCCC2)cc1. The predicted molar refractivity (Wildman–Crippen MR) is 100 cm³/mol. The van der Waals surface area contributed by atoms with Gasteiger partial charge in [-0.3, -0.25) is 9.69 Å². The van der Waals surface area contributed by atoms with Gasteiger partial charge in [-0.05, 0) is 49.9 Å². The molecule has 0 unspecified atom stereocenters. The molecular weight excluding hydrogens is 312 g/mol. The fourth-order valence-corrected chi connectivity index (χ4v) is 3.82. The zero-order valence-electron chi connectivity index (χ0n) is 15.3. The second-order valence-electron chi connectivity index (χ2n) is 7.50. The number of rotatable bonds is 7. The van der Waals surface area contributed by atoms with Gasteiger partial charge in [-0.15, -0.1) is 0 Å². The Bertz CT molecular complexity index is 517. The number of hydrogen-bond donors (Lipinski definition) is 1. The second-order valence-corrected chi connectivity index (χ2v) is 7.50. The number of nitrogens with zero attached hydrogens (tertiary/aromatic N) is 1. The van der Waals surface area contributed by atoms with Gasteiger partial charge in [0.1, 0.15) is 6.61 Å². The summed E-state index contributed by atoms with van der Waals surface area (Å²) in [6.07, 6.45) is 10.3. The summed E-state index contributed by atoms with van der Waals surface area (Å²) in [4.78, 5) is 14.5. The molecule has 1 aliphatic heterocycles. The van der Waals surface area contributed by atoms with Crippen LogP contribution in [0.5, 0.6) is 0 Å². The van der Waals surface area contributed by atoms with E-state index in [4.69, 9.17) is 4.74 Å². The molecule has 0 atom stereocenters. The molecule has 1 aromatic rings. The average molecular weight is 344 g/mol. The lowest BCUT2D eigenvalue weighted by molar-refractivity contribution is -0.128. The molecule has 1 aliphatic carbocycles. The molecule has 1 aromatic carbocycles. The van der Waals surface area contributed by atoms with Crippen molar-refractivity contribution in [2.45, 2.75) is 70.6 Å². The molecule has 25 heavy (non-hydrogen) atoms. The summed E-state index contributed by atoms with van der Waals surface area (Å²) in [5.41, 5.74) is 2.51. The number of carbonyl (C=O) groups is 1. The van der Waals surface area contributed by atoms with Crippen LogP contribution in [0.3, 0.4) is 0 Å². The monoisotopic (exact) mass is 344 g/mol. The molecule has 1 saturated heterocycles. The number of hydrogen-bond acceptors (Lipinski definition) is 3. The molecule has 2 fully saturated rings. The quantitative estimate of drug-likeness (QED) is 0.821. The fourth-order valence-electron chi connectivity index (χ4n) is 3.82. The van der Waals surface area contributed by atoms with Crippen LogP contribution < -0.4 is 5.32 Å². The maximum Gasteiger partial charge on any atom is 0.246 e. The van der Waals surface area contributed by atoms with E-state index in [2.05, 4.69) is 34.5 Å². The van der Waals surface area contributed by atoms with E-state index in [-0.39, 0.29) is 18.6 Å². The molecule has 1 N–H and O–H groups in total. The third-order valence-electron chi connectivity index (χ3n) is 5.37. The van der Waals surface area contributed by atoms with E-state index in [9.17, 15) is 4.79 Å². The minimum absolute atomic E-state index is 0.0111. The lowest BCUT2D eigenvalue weighted by Crippen LogP contribution is -2.30. The summed E-state index contributed by atoms with van der Waals surface area (Å²) in [5.74, 6) is -0.0111. The van der Waals surface area contributed by atoms with Crippen LogP contribution in [-0.4, -0.2) is 36.6 Å². The van der Waals surface area contributed by atoms with Gasteiger partial charge in [-0.1, -0.05) is 49.9 Å². The maximum absolute atomic E-state index is 11.9. The van der Waals surface area contributed by atoms with Gasteiger partial charge >= 0.3 is 0 Å². The van der Waals surface area contributed by atoms with Gasteiger partial charge in [-0.2, -0.15) is 0 Å². The Kier molecular flexibility index (Phi) is 7.31. The smallest absolute Gasteiger partial charge is 0.246 e. The van der Waals surface area contributed by atoms with Gasteiger partial charge < -0.3 is 10.1 Å². The number of benzene rings is 1. The molecule has 0 aromatic heterocycles. The zero-order valence-corrected chi connectivity index (χ0v) is 15.3. The number of amides is 1. The van der Waals surface area contributed by atoms with E-state index >= 15 is 0 Å². The van der Waals surface area contributed by atoms with E-state index in [1.165, 1.54) is 57.2 Å². The van der Waals surface area contributed by atoms with Crippen LogP contribution in [0.2, 0.25) is 0 Å². The van der Waals surface area contributed by atoms with E-state index in [1.54, 1.807) is 0 Å². The summed E-state index contributed by atoms with van der Waals surface area (Å²) in [7, 11) is 0. The topological polar surface area (TPSA) is 41.6 Å². The molecule has 0 bridgehead atoms. The van der Waals surface area contributed by atoms with Crippen molar-refractivity contribution in [3.8, 4) is 0 Å². The Morgan fingerprint density at radius 3 is 2.32 bits per heavy atom. The third-order valence-corrected chi connectivity index (χ3v) is 5.37. The minimum Gasteiger partial charge on any atom is -0.368 e. The number of nitrogens with one attached hydrogen (secondary N) is 1. The van der Waals surface area contributed by atoms with Crippen molar-refractivity contribution < 1.29 is 9.53 Å². The average Bonchev–Trinajstić information content (AvgIpc) is 2.67. The van der Waals surface area contributed by atoms with Gasteiger partial charge in [0, 0.05) is 13.1 Å². The van der Waals surface area contributed by atoms with Crippen LogP contribution in [0.4, 0.5) is 0 Å². The van der Waals surface area contributed by atoms with Crippen LogP contribution >= 0.6 is 0 Å². The van der Waals surface area contributed by atoms with Crippen LogP contribution in [0.15, 0.2) is 24.3 Å². The first kappa shape index (κ1) is 18.4. The molecule has 1 amide bonds. The van der Waals surface area contributed by atoms with Crippen molar-refractivity contribution in [1.82, 2.24) is 10.2 Å². The van der Waals surface area contributed by atoms with E-state index in [1.807, 2.05) is 0 Å². The molecule has 4 nitrogen and oxygen atoms in total. The van der Waals surface area contributed by atoms with Crippen LogP contribution in [-0.2, 0) is 22.6 Å². The summed E-state index contributed by atoms with van der Waals surface area (Å²) in [6.45, 7) is 4.26. The van der Waals surface area contributed by atoms with E-state index in [0.29, 0.717) is 6.54 Å². The van der Waals surface area contributed by atoms with Crippen LogP contribution in [0.25, 0.3) is 0 Å². The molecule has 138 valence electrons. The first-order valence-corrected chi connectivity index (χ1v) is 9.98. The van der Waals surface area contributed by atoms with Gasteiger partial charge in [0.2, 0.25) is 5.91 Å². The van der Waals surface area contributed by atoms with Gasteiger partial charge in [-0.25, -0.2) is 0 Å². The maximum atomic E-state index is 11.9. The Morgan fingerprint density at radius 2 is 1.60 bits per heavy atom. The first-order valence-electron chi connectivity index (χ1n) is 9.98. The third kappa shape index (κ3) is 6.44. The number of likely N-dealkylation sites (tertiary alicyclic amines) is 1. The Balaban J connectivity index is 1.35. The van der Waals surface area contributed by atoms with Crippen LogP contribution in [0.1, 0.15) is 62.5 Å². The standard InChI is InChI=1S/C21H32N2O2/c24-21(17-25-20-7-3-1-4-8-20)22-15-18-9-11-19(12-10-18)16-23-13-5-2-6-14-23/h9-12,20H,1-8,13-17H2,(H,22,24). The van der Waals surface area contributed by atoms with Crippen molar-refractivity contribution in [2.75, 3.05) is 19.7 Å². The molecule has 1 saturated carbocycles. The number of carbonyl (C=O) groups excluding carboxylic acids is 1. The summed E-state index contributed by atoms with van der Waals surface area (Å²) < 4.78 is 5.72. The first-order chi connectivity index (χ1) is 12.3. The molecule has 2 aliphatic rings. The van der Waals surface area contributed by atoms with Crippen molar-refractivity contribution in [3.05, 3.63) is 35.4 Å². The van der Waals surface area contributed by atoms with E-state index in [0.717, 1.165) is 24.9 Å². The molecular formula is C21H32N2O2. The van der Waals surface area contributed by atoms with Crippen molar-refractivity contribution >= 4 is 5.91 Å². The Hall–Kier alpha value is -1.39. The lowest BCUT2D eigenvalue weighted by Gasteiger charge is -2.26. The summed E-state index contributed by atoms with van der Waals surface area (Å²) in [5, 5.41) is 2.97. The summed E-state index contributed by atoms with van der Waals surface area (Å²) in [6, 6.07) is 8.63. The highest BCUT2D eigenvalue weighted by Gasteiger charge is 2.15. The molecule has 4 heteroatoms. The normalized spacial score (nSPS) is 19.7. The van der Waals surface area contributed by atoms with Crippen molar-refractivity contribution in [2.24, 2.45) is 0 Å². The number of ether oxygens (including phenoxy) is 1. The zero-order chi connectivity index (χ0) is 17.3. The highest BCUT2D eigenvalue weighted by Crippen LogP contribution is 2.20. The number of piperidine rings is 1. The minimum atomic E-state index is -0.0111. The second kappa shape index (κ2) is 9.93. The van der Waals surface area contributed by atoms with Gasteiger partial charge in [0.05, 0.1) is 6.10 Å². The molecule has 3 rings (SSSR count).